The van der Waals surface area contributed by atoms with Crippen molar-refractivity contribution in [2.45, 2.75) is 78.1 Å². The Morgan fingerprint density at radius 1 is 0.440 bits per heavy atom. The van der Waals surface area contributed by atoms with E-state index in [0.717, 1.165) is 13.2 Å². The summed E-state index contributed by atoms with van der Waals surface area (Å²) in [6.07, 6.45) is 13.6. The fourth-order valence-corrected chi connectivity index (χ4v) is 2.14. The first kappa shape index (κ1) is 27.0. The summed E-state index contributed by atoms with van der Waals surface area (Å²) < 4.78 is 15.3. The van der Waals surface area contributed by atoms with Crippen LogP contribution in [0.5, 0.6) is 0 Å². The molecule has 5 nitrogen and oxygen atoms in total. The molecule has 0 aliphatic rings. The first-order valence-electron chi connectivity index (χ1n) is 10.3. The monoisotopic (exact) mass is 364 g/mol. The lowest BCUT2D eigenvalue weighted by atomic mass is 10.1. The number of hydrogen-bond acceptors (Lipinski definition) is 5. The van der Waals surface area contributed by atoms with E-state index in [2.05, 4.69) is 13.8 Å². The summed E-state index contributed by atoms with van der Waals surface area (Å²) >= 11 is 0. The topological polar surface area (TPSA) is 68.2 Å². The maximum Gasteiger partial charge on any atom is 0.0701 e. The Bertz CT molecular complexity index is 183. The van der Waals surface area contributed by atoms with Gasteiger partial charge in [-0.25, -0.2) is 0 Å². The first-order valence-corrected chi connectivity index (χ1v) is 10.3. The van der Waals surface area contributed by atoms with Crippen molar-refractivity contribution < 1.29 is 24.4 Å². The van der Waals surface area contributed by atoms with Gasteiger partial charge in [-0.1, -0.05) is 65.2 Å². The lowest BCUT2D eigenvalue weighted by Crippen LogP contribution is -2.09. The van der Waals surface area contributed by atoms with Crippen LogP contribution in [0.4, 0.5) is 0 Å². The molecular formula is C20H44O5. The lowest BCUT2D eigenvalue weighted by Gasteiger charge is -2.03. The standard InChI is InChI=1S/C14H30O.C6H14O4/c1-3-5-7-8-9-10-11-12-14-15-13-6-4-2;7-1-3-9-5-6-10-4-2-8/h3-14H2,1-2H3;7-8H,1-6H2. The molecule has 0 bridgehead atoms. The smallest absolute Gasteiger partial charge is 0.0701 e. The highest BCUT2D eigenvalue weighted by atomic mass is 16.5. The number of aliphatic hydroxyl groups is 2. The third-order valence-electron chi connectivity index (χ3n) is 3.63. The summed E-state index contributed by atoms with van der Waals surface area (Å²) in [5.74, 6) is 0. The van der Waals surface area contributed by atoms with Crippen LogP contribution in [0.2, 0.25) is 0 Å². The van der Waals surface area contributed by atoms with Crippen LogP contribution in [0.1, 0.15) is 78.1 Å². The maximum atomic E-state index is 8.26. The number of ether oxygens (including phenoxy) is 3. The molecule has 0 heterocycles. The molecule has 0 aromatic heterocycles. The Kier molecular flexibility index (Phi) is 30.9. The lowest BCUT2D eigenvalue weighted by molar-refractivity contribution is 0.0222. The van der Waals surface area contributed by atoms with Crippen molar-refractivity contribution in [1.82, 2.24) is 0 Å². The Morgan fingerprint density at radius 3 is 1.32 bits per heavy atom. The number of aliphatic hydroxyl groups excluding tert-OH is 2. The summed E-state index contributed by atoms with van der Waals surface area (Å²) in [6, 6.07) is 0. The second-order valence-corrected chi connectivity index (χ2v) is 6.11. The van der Waals surface area contributed by atoms with Gasteiger partial charge in [0.15, 0.2) is 0 Å². The van der Waals surface area contributed by atoms with Gasteiger partial charge in [0.25, 0.3) is 0 Å². The van der Waals surface area contributed by atoms with E-state index < -0.39 is 0 Å². The molecular weight excluding hydrogens is 320 g/mol. The van der Waals surface area contributed by atoms with Crippen LogP contribution in [-0.4, -0.2) is 63.1 Å². The average Bonchev–Trinajstić information content (AvgIpc) is 2.63. The van der Waals surface area contributed by atoms with Crippen molar-refractivity contribution in [2.75, 3.05) is 52.9 Å². The molecule has 0 aromatic rings. The second-order valence-electron chi connectivity index (χ2n) is 6.11. The highest BCUT2D eigenvalue weighted by Gasteiger charge is 1.92. The number of unbranched alkanes of at least 4 members (excludes halogenated alkanes) is 8. The van der Waals surface area contributed by atoms with Gasteiger partial charge < -0.3 is 24.4 Å². The summed E-state index contributed by atoms with van der Waals surface area (Å²) in [7, 11) is 0. The molecule has 0 aliphatic carbocycles. The molecule has 154 valence electrons. The predicted octanol–water partition coefficient (Wildman–Crippen LogP) is 3.95. The van der Waals surface area contributed by atoms with E-state index in [0.29, 0.717) is 26.4 Å². The van der Waals surface area contributed by atoms with Gasteiger partial charge in [-0.3, -0.25) is 0 Å². The minimum Gasteiger partial charge on any atom is -0.394 e. The molecule has 0 aromatic carbocycles. The normalized spacial score (nSPS) is 10.6. The molecule has 5 heteroatoms. The van der Waals surface area contributed by atoms with Gasteiger partial charge in [0, 0.05) is 13.2 Å². The first-order chi connectivity index (χ1) is 12.3. The van der Waals surface area contributed by atoms with Crippen LogP contribution in [0.15, 0.2) is 0 Å². The number of hydrogen-bond donors (Lipinski definition) is 2. The average molecular weight is 365 g/mol. The van der Waals surface area contributed by atoms with Crippen LogP contribution in [-0.2, 0) is 14.2 Å². The number of rotatable bonds is 19. The molecule has 2 N–H and O–H groups in total. The van der Waals surface area contributed by atoms with E-state index in [1.807, 2.05) is 0 Å². The predicted molar refractivity (Wildman–Crippen MR) is 104 cm³/mol. The van der Waals surface area contributed by atoms with Gasteiger partial charge in [0.2, 0.25) is 0 Å². The van der Waals surface area contributed by atoms with Crippen molar-refractivity contribution >= 4 is 0 Å². The van der Waals surface area contributed by atoms with Crippen molar-refractivity contribution in [3.05, 3.63) is 0 Å². The van der Waals surface area contributed by atoms with Gasteiger partial charge in [-0.2, -0.15) is 0 Å². The zero-order valence-corrected chi connectivity index (χ0v) is 16.8. The van der Waals surface area contributed by atoms with E-state index in [-0.39, 0.29) is 13.2 Å². The van der Waals surface area contributed by atoms with E-state index >= 15 is 0 Å². The van der Waals surface area contributed by atoms with Crippen LogP contribution in [0, 0.1) is 0 Å². The molecule has 0 fully saturated rings. The molecule has 0 saturated heterocycles. The molecule has 25 heavy (non-hydrogen) atoms. The van der Waals surface area contributed by atoms with Crippen LogP contribution in [0.3, 0.4) is 0 Å². The molecule has 0 unspecified atom stereocenters. The van der Waals surface area contributed by atoms with E-state index in [1.165, 1.54) is 64.2 Å². The summed E-state index contributed by atoms with van der Waals surface area (Å²) in [5.41, 5.74) is 0. The van der Waals surface area contributed by atoms with Crippen LogP contribution in [0.25, 0.3) is 0 Å². The summed E-state index contributed by atoms with van der Waals surface area (Å²) in [5, 5.41) is 16.5. The Morgan fingerprint density at radius 2 is 0.840 bits per heavy atom. The van der Waals surface area contributed by atoms with Gasteiger partial charge in [-0.15, -0.1) is 0 Å². The molecule has 0 saturated carbocycles. The maximum absolute atomic E-state index is 8.26. The van der Waals surface area contributed by atoms with Crippen molar-refractivity contribution in [3.63, 3.8) is 0 Å². The molecule has 0 spiro atoms. The zero-order valence-electron chi connectivity index (χ0n) is 16.8. The van der Waals surface area contributed by atoms with E-state index in [1.54, 1.807) is 0 Å². The van der Waals surface area contributed by atoms with Crippen LogP contribution >= 0.6 is 0 Å². The van der Waals surface area contributed by atoms with Gasteiger partial charge in [-0.05, 0) is 12.8 Å². The minimum absolute atomic E-state index is 0.0417. The van der Waals surface area contributed by atoms with Gasteiger partial charge in [0.05, 0.1) is 39.6 Å². The Hall–Kier alpha value is -0.200. The van der Waals surface area contributed by atoms with Gasteiger partial charge in [0.1, 0.15) is 0 Å². The fraction of sp³-hybridized carbons (Fsp3) is 1.00. The van der Waals surface area contributed by atoms with Crippen molar-refractivity contribution in [2.24, 2.45) is 0 Å². The van der Waals surface area contributed by atoms with Gasteiger partial charge >= 0.3 is 0 Å². The fourth-order valence-electron chi connectivity index (χ4n) is 2.14. The van der Waals surface area contributed by atoms with Crippen LogP contribution < -0.4 is 0 Å². The Balaban J connectivity index is 0. The SMILES string of the molecule is CCCCCCCCCCOCCCC.OCCOCCOCCO. The highest BCUT2D eigenvalue weighted by Crippen LogP contribution is 2.08. The van der Waals surface area contributed by atoms with E-state index in [9.17, 15) is 0 Å². The third-order valence-corrected chi connectivity index (χ3v) is 3.63. The zero-order chi connectivity index (χ0) is 18.8. The molecule has 0 aliphatic heterocycles. The quantitative estimate of drug-likeness (QED) is 0.340. The molecule has 0 atom stereocenters. The molecule has 0 rings (SSSR count). The largest absolute Gasteiger partial charge is 0.394 e. The molecule has 0 radical (unpaired) electrons. The minimum atomic E-state index is 0.0417. The summed E-state index contributed by atoms with van der Waals surface area (Å²) in [4.78, 5) is 0. The van der Waals surface area contributed by atoms with Crippen molar-refractivity contribution in [3.8, 4) is 0 Å². The highest BCUT2D eigenvalue weighted by molar-refractivity contribution is 4.45. The van der Waals surface area contributed by atoms with E-state index in [4.69, 9.17) is 24.4 Å². The second kappa shape index (κ2) is 28.6. The Labute approximate surface area is 156 Å². The molecule has 0 amide bonds. The summed E-state index contributed by atoms with van der Waals surface area (Å²) in [6.45, 7) is 8.15. The van der Waals surface area contributed by atoms with Crippen molar-refractivity contribution in [1.29, 1.82) is 0 Å². The third kappa shape index (κ3) is 32.0.